The van der Waals surface area contributed by atoms with Gasteiger partial charge in [0.2, 0.25) is 5.91 Å². The number of aliphatic carboxylic acids is 1. The molecule has 0 saturated carbocycles. The zero-order chi connectivity index (χ0) is 19.6. The van der Waals surface area contributed by atoms with Gasteiger partial charge in [0.05, 0.1) is 0 Å². The highest BCUT2D eigenvalue weighted by atomic mass is 16.4. The lowest BCUT2D eigenvalue weighted by Gasteiger charge is -2.20. The van der Waals surface area contributed by atoms with Gasteiger partial charge in [-0.1, -0.05) is 77.9 Å². The molecule has 0 aromatic heterocycles. The second kappa shape index (κ2) is 17.1. The van der Waals surface area contributed by atoms with Crippen molar-refractivity contribution in [3.8, 4) is 0 Å². The summed E-state index contributed by atoms with van der Waals surface area (Å²) in [5.74, 6) is -1.12. The van der Waals surface area contributed by atoms with Gasteiger partial charge in [-0.15, -0.1) is 0 Å². The number of rotatable bonds is 17. The predicted molar refractivity (Wildman–Crippen MR) is 109 cm³/mol. The number of hydrogen-bond donors (Lipinski definition) is 2. The lowest BCUT2D eigenvalue weighted by molar-refractivity contribution is -0.143. The Hall–Kier alpha value is -1.32. The molecule has 1 amide bonds. The van der Waals surface area contributed by atoms with Gasteiger partial charge in [0.25, 0.3) is 0 Å². The average Bonchev–Trinajstić information content (AvgIpc) is 2.62. The van der Waals surface area contributed by atoms with Crippen molar-refractivity contribution in [2.75, 3.05) is 0 Å². The zero-order valence-electron chi connectivity index (χ0n) is 17.3. The van der Waals surface area contributed by atoms with E-state index < -0.39 is 12.0 Å². The van der Waals surface area contributed by atoms with Crippen LogP contribution < -0.4 is 5.32 Å². The van der Waals surface area contributed by atoms with Crippen LogP contribution in [0.5, 0.6) is 0 Å². The Balaban J connectivity index is 3.58. The predicted octanol–water partition coefficient (Wildman–Crippen LogP) is 5.86. The molecule has 0 aliphatic heterocycles. The molecule has 0 heterocycles. The Kier molecular flexibility index (Phi) is 16.2. The Morgan fingerprint density at radius 2 is 1.42 bits per heavy atom. The third-order valence-corrected chi connectivity index (χ3v) is 4.96. The molecule has 2 atom stereocenters. The minimum Gasteiger partial charge on any atom is -0.480 e. The van der Waals surface area contributed by atoms with Crippen molar-refractivity contribution in [2.24, 2.45) is 5.92 Å². The normalized spacial score (nSPS) is 13.7. The van der Waals surface area contributed by atoms with E-state index in [-0.39, 0.29) is 11.8 Å². The minimum atomic E-state index is -0.939. The maximum Gasteiger partial charge on any atom is 0.326 e. The summed E-state index contributed by atoms with van der Waals surface area (Å²) in [7, 11) is 0. The Morgan fingerprint density at radius 3 is 1.96 bits per heavy atom. The first kappa shape index (κ1) is 24.7. The van der Waals surface area contributed by atoms with Gasteiger partial charge in [0, 0.05) is 6.42 Å². The first-order valence-corrected chi connectivity index (χ1v) is 10.7. The van der Waals surface area contributed by atoms with Crippen molar-refractivity contribution in [2.45, 2.75) is 110 Å². The molecule has 0 spiro atoms. The van der Waals surface area contributed by atoms with E-state index in [0.717, 1.165) is 32.1 Å². The molecule has 2 unspecified atom stereocenters. The van der Waals surface area contributed by atoms with Gasteiger partial charge in [-0.25, -0.2) is 4.79 Å². The standard InChI is InChI=1S/C22H41NO3/c1-4-6-7-8-9-10-11-12-13-14-15-16-17-18-20(24)23-21(22(25)26)19(3)5-2/h10-11,19,21H,4-9,12-18H2,1-3H3,(H,23,24)(H,25,26)/b11-10-. The molecule has 0 bridgehead atoms. The van der Waals surface area contributed by atoms with Crippen LogP contribution in [0.3, 0.4) is 0 Å². The molecule has 152 valence electrons. The molecule has 4 nitrogen and oxygen atoms in total. The highest BCUT2D eigenvalue weighted by Crippen LogP contribution is 2.11. The van der Waals surface area contributed by atoms with E-state index in [2.05, 4.69) is 24.4 Å². The van der Waals surface area contributed by atoms with E-state index in [4.69, 9.17) is 0 Å². The van der Waals surface area contributed by atoms with Crippen molar-refractivity contribution in [1.29, 1.82) is 0 Å². The number of carbonyl (C=O) groups excluding carboxylic acids is 1. The summed E-state index contributed by atoms with van der Waals surface area (Å²) in [6.45, 7) is 6.04. The monoisotopic (exact) mass is 367 g/mol. The largest absolute Gasteiger partial charge is 0.480 e. The number of amides is 1. The van der Waals surface area contributed by atoms with Crippen molar-refractivity contribution in [1.82, 2.24) is 5.32 Å². The van der Waals surface area contributed by atoms with Crippen LogP contribution in [0, 0.1) is 5.92 Å². The van der Waals surface area contributed by atoms with E-state index in [1.807, 2.05) is 13.8 Å². The zero-order valence-corrected chi connectivity index (χ0v) is 17.3. The third-order valence-electron chi connectivity index (χ3n) is 4.96. The van der Waals surface area contributed by atoms with Gasteiger partial charge >= 0.3 is 5.97 Å². The van der Waals surface area contributed by atoms with Gasteiger partial charge in [-0.05, 0) is 38.0 Å². The molecule has 0 saturated heterocycles. The highest BCUT2D eigenvalue weighted by Gasteiger charge is 2.24. The fourth-order valence-corrected chi connectivity index (χ4v) is 2.93. The Bertz CT molecular complexity index is 393. The van der Waals surface area contributed by atoms with E-state index in [1.165, 1.54) is 44.9 Å². The number of carbonyl (C=O) groups is 2. The number of carboxylic acid groups (broad SMARTS) is 1. The van der Waals surface area contributed by atoms with Crippen molar-refractivity contribution >= 4 is 11.9 Å². The summed E-state index contributed by atoms with van der Waals surface area (Å²) in [5, 5.41) is 11.9. The summed E-state index contributed by atoms with van der Waals surface area (Å²) in [6.07, 6.45) is 18.9. The van der Waals surface area contributed by atoms with Gasteiger partial charge in [-0.2, -0.15) is 0 Å². The molecule has 0 rings (SSSR count). The summed E-state index contributed by atoms with van der Waals surface area (Å²) in [6, 6.07) is -0.763. The van der Waals surface area contributed by atoms with E-state index in [9.17, 15) is 14.7 Å². The lowest BCUT2D eigenvalue weighted by Crippen LogP contribution is -2.44. The molecular weight excluding hydrogens is 326 g/mol. The van der Waals surface area contributed by atoms with E-state index >= 15 is 0 Å². The van der Waals surface area contributed by atoms with Crippen molar-refractivity contribution in [3.05, 3.63) is 12.2 Å². The molecular formula is C22H41NO3. The number of unbranched alkanes of at least 4 members (excludes halogenated alkanes) is 9. The summed E-state index contributed by atoms with van der Waals surface area (Å²) < 4.78 is 0. The number of hydrogen-bond acceptors (Lipinski definition) is 2. The van der Waals surface area contributed by atoms with E-state index in [1.54, 1.807) is 0 Å². The minimum absolute atomic E-state index is 0.0452. The van der Waals surface area contributed by atoms with Crippen LogP contribution >= 0.6 is 0 Å². The fourth-order valence-electron chi connectivity index (χ4n) is 2.93. The maximum atomic E-state index is 11.9. The Labute approximate surface area is 160 Å². The molecule has 0 aliphatic carbocycles. The summed E-state index contributed by atoms with van der Waals surface area (Å²) in [5.41, 5.74) is 0. The van der Waals surface area contributed by atoms with Gasteiger partial charge in [-0.3, -0.25) is 4.79 Å². The molecule has 2 N–H and O–H groups in total. The molecule has 0 aromatic carbocycles. The van der Waals surface area contributed by atoms with Crippen LogP contribution in [0.25, 0.3) is 0 Å². The maximum absolute atomic E-state index is 11.9. The smallest absolute Gasteiger partial charge is 0.326 e. The second-order valence-corrected chi connectivity index (χ2v) is 7.40. The van der Waals surface area contributed by atoms with Crippen LogP contribution in [-0.2, 0) is 9.59 Å². The van der Waals surface area contributed by atoms with Gasteiger partial charge < -0.3 is 10.4 Å². The van der Waals surface area contributed by atoms with Crippen LogP contribution in [0.2, 0.25) is 0 Å². The number of nitrogens with one attached hydrogen (secondary N) is 1. The van der Waals surface area contributed by atoms with Gasteiger partial charge in [0.15, 0.2) is 0 Å². The fraction of sp³-hybridized carbons (Fsp3) is 0.818. The number of allylic oxidation sites excluding steroid dienone is 2. The highest BCUT2D eigenvalue weighted by molar-refractivity contribution is 5.83. The number of carboxylic acids is 1. The molecule has 0 radical (unpaired) electrons. The van der Waals surface area contributed by atoms with Gasteiger partial charge in [0.1, 0.15) is 6.04 Å². The first-order chi connectivity index (χ1) is 12.5. The third kappa shape index (κ3) is 13.9. The van der Waals surface area contributed by atoms with Crippen LogP contribution in [-0.4, -0.2) is 23.0 Å². The topological polar surface area (TPSA) is 66.4 Å². The van der Waals surface area contributed by atoms with Crippen molar-refractivity contribution < 1.29 is 14.7 Å². The van der Waals surface area contributed by atoms with E-state index in [0.29, 0.717) is 6.42 Å². The first-order valence-electron chi connectivity index (χ1n) is 10.7. The van der Waals surface area contributed by atoms with Crippen LogP contribution in [0.1, 0.15) is 104 Å². The molecule has 26 heavy (non-hydrogen) atoms. The van der Waals surface area contributed by atoms with Crippen LogP contribution in [0.15, 0.2) is 12.2 Å². The van der Waals surface area contributed by atoms with Crippen molar-refractivity contribution in [3.63, 3.8) is 0 Å². The molecule has 0 aromatic rings. The SMILES string of the molecule is CCCCCC/C=C\CCCCCCCC(=O)NC(C(=O)O)C(C)CC. The van der Waals surface area contributed by atoms with Crippen LogP contribution in [0.4, 0.5) is 0 Å². The summed E-state index contributed by atoms with van der Waals surface area (Å²) >= 11 is 0. The molecule has 4 heteroatoms. The lowest BCUT2D eigenvalue weighted by atomic mass is 9.99. The molecule has 0 aliphatic rings. The molecule has 0 fully saturated rings. The summed E-state index contributed by atoms with van der Waals surface area (Å²) in [4.78, 5) is 23.1. The quantitative estimate of drug-likeness (QED) is 0.250. The second-order valence-electron chi connectivity index (χ2n) is 7.40. The Morgan fingerprint density at radius 1 is 0.885 bits per heavy atom. The average molecular weight is 368 g/mol.